The molecule has 13 nitrogen and oxygen atoms in total. The molecule has 2 N–H and O–H groups in total. The third-order valence-corrected chi connectivity index (χ3v) is 4.13. The number of rotatable bonds is 7. The summed E-state index contributed by atoms with van der Waals surface area (Å²) >= 11 is 0. The lowest BCUT2D eigenvalue weighted by Crippen LogP contribution is -2.12. The summed E-state index contributed by atoms with van der Waals surface area (Å²) in [6, 6.07) is 14.1. The van der Waals surface area contributed by atoms with E-state index in [1.54, 1.807) is 12.1 Å². The Bertz CT molecular complexity index is 1270. The quantitative estimate of drug-likeness (QED) is 0.299. The lowest BCUT2D eigenvalue weighted by atomic mass is 10.1. The Labute approximate surface area is 184 Å². The zero-order chi connectivity index (χ0) is 24.0. The first-order chi connectivity index (χ1) is 15.8. The van der Waals surface area contributed by atoms with Crippen molar-refractivity contribution in [3.63, 3.8) is 0 Å². The maximum absolute atomic E-state index is 12.2. The van der Waals surface area contributed by atoms with Crippen molar-refractivity contribution >= 4 is 34.6 Å². The van der Waals surface area contributed by atoms with Gasteiger partial charge in [-0.15, -0.1) is 10.2 Å². The Hall–Kier alpha value is -5.20. The Kier molecular flexibility index (Phi) is 6.64. The summed E-state index contributed by atoms with van der Waals surface area (Å²) in [7, 11) is 0. The Balaban J connectivity index is 1.64. The first kappa shape index (κ1) is 22.5. The predicted octanol–water partition coefficient (Wildman–Crippen LogP) is 4.32. The molecule has 166 valence electrons. The van der Waals surface area contributed by atoms with Crippen LogP contribution in [0.15, 0.2) is 77.0 Å². The Morgan fingerprint density at radius 2 is 1.61 bits per heavy atom. The molecule has 0 aromatic heterocycles. The monoisotopic (exact) mass is 451 g/mol. The number of carbonyl (C=O) groups excluding carboxylic acids is 2. The van der Waals surface area contributed by atoms with Crippen LogP contribution < -0.4 is 5.48 Å². The van der Waals surface area contributed by atoms with E-state index in [-0.39, 0.29) is 22.7 Å². The number of carbonyl (C=O) groups is 2. The van der Waals surface area contributed by atoms with E-state index in [4.69, 9.17) is 4.84 Å². The van der Waals surface area contributed by atoms with Crippen LogP contribution in [0.1, 0.15) is 20.7 Å². The van der Waals surface area contributed by atoms with Crippen LogP contribution in [0.25, 0.3) is 0 Å². The molecule has 0 bridgehead atoms. The van der Waals surface area contributed by atoms with Crippen molar-refractivity contribution in [2.24, 2.45) is 10.2 Å². The van der Waals surface area contributed by atoms with Crippen molar-refractivity contribution in [1.29, 1.82) is 0 Å². The molecular formula is C20H13N5O8. The lowest BCUT2D eigenvalue weighted by Gasteiger charge is -2.07. The summed E-state index contributed by atoms with van der Waals surface area (Å²) < 4.78 is 0. The third kappa shape index (κ3) is 5.49. The van der Waals surface area contributed by atoms with Crippen molar-refractivity contribution in [3.05, 3.63) is 98.1 Å². The van der Waals surface area contributed by atoms with Crippen LogP contribution >= 0.6 is 0 Å². The average molecular weight is 451 g/mol. The number of amides is 1. The Morgan fingerprint density at radius 1 is 0.909 bits per heavy atom. The first-order valence-electron chi connectivity index (χ1n) is 9.00. The van der Waals surface area contributed by atoms with E-state index in [1.807, 2.05) is 0 Å². The van der Waals surface area contributed by atoms with Gasteiger partial charge in [0.2, 0.25) is 0 Å². The largest absolute Gasteiger partial charge is 0.507 e. The molecule has 3 rings (SSSR count). The highest BCUT2D eigenvalue weighted by molar-refractivity contribution is 5.97. The average Bonchev–Trinajstić information content (AvgIpc) is 2.81. The highest BCUT2D eigenvalue weighted by Crippen LogP contribution is 2.26. The number of phenolic OH excluding ortho intramolecular Hbond substituents is 1. The van der Waals surface area contributed by atoms with Gasteiger partial charge in [-0.25, -0.2) is 10.3 Å². The third-order valence-electron chi connectivity index (χ3n) is 4.13. The number of anilines is 1. The number of non-ortho nitro benzene ring substituents is 1. The highest BCUT2D eigenvalue weighted by atomic mass is 16.7. The number of nitrogens with one attached hydrogen (secondary N) is 1. The van der Waals surface area contributed by atoms with Crippen LogP contribution in [-0.2, 0) is 4.84 Å². The van der Waals surface area contributed by atoms with Gasteiger partial charge in [-0.3, -0.25) is 25.0 Å². The second-order valence-corrected chi connectivity index (χ2v) is 6.28. The molecule has 3 aromatic carbocycles. The van der Waals surface area contributed by atoms with Gasteiger partial charge >= 0.3 is 5.97 Å². The van der Waals surface area contributed by atoms with Gasteiger partial charge in [-0.05, 0) is 42.5 Å². The minimum Gasteiger partial charge on any atom is -0.507 e. The standard InChI is InChI=1S/C20H13N5O8/c26-18-4-2-1-3-16(18)19(27)22-21-12-5-7-13(8-6-12)23-33-20(28)15-10-9-14(24(29)30)11-17(15)25(31)32/h1-11,23,26H. The second kappa shape index (κ2) is 9.74. The summed E-state index contributed by atoms with van der Waals surface area (Å²) in [5.41, 5.74) is 1.03. The van der Waals surface area contributed by atoms with E-state index in [0.717, 1.165) is 12.1 Å². The fraction of sp³-hybridized carbons (Fsp3) is 0. The number of aromatic hydroxyl groups is 1. The van der Waals surface area contributed by atoms with Crippen LogP contribution in [-0.4, -0.2) is 26.8 Å². The van der Waals surface area contributed by atoms with E-state index in [1.165, 1.54) is 36.4 Å². The van der Waals surface area contributed by atoms with Crippen molar-refractivity contribution in [2.75, 3.05) is 5.48 Å². The molecule has 0 aliphatic heterocycles. The first-order valence-corrected chi connectivity index (χ1v) is 9.00. The molecule has 0 aliphatic rings. The molecule has 0 spiro atoms. The number of azo groups is 1. The molecule has 0 saturated carbocycles. The van der Waals surface area contributed by atoms with Crippen LogP contribution in [0.4, 0.5) is 22.7 Å². The maximum atomic E-state index is 12.2. The zero-order valence-electron chi connectivity index (χ0n) is 16.4. The summed E-state index contributed by atoms with van der Waals surface area (Å²) in [4.78, 5) is 49.1. The van der Waals surface area contributed by atoms with E-state index < -0.39 is 38.7 Å². The molecule has 0 atom stereocenters. The maximum Gasteiger partial charge on any atom is 0.369 e. The summed E-state index contributed by atoms with van der Waals surface area (Å²) in [5, 5.41) is 38.8. The van der Waals surface area contributed by atoms with Gasteiger partial charge in [-0.2, -0.15) is 0 Å². The topological polar surface area (TPSA) is 187 Å². The minimum absolute atomic E-state index is 0.00760. The van der Waals surface area contributed by atoms with Crippen molar-refractivity contribution in [3.8, 4) is 5.75 Å². The van der Waals surface area contributed by atoms with Gasteiger partial charge in [0.15, 0.2) is 0 Å². The summed E-state index contributed by atoms with van der Waals surface area (Å²) in [5.74, 6) is -2.10. The van der Waals surface area contributed by atoms with E-state index >= 15 is 0 Å². The molecule has 13 heteroatoms. The van der Waals surface area contributed by atoms with E-state index in [0.29, 0.717) is 6.07 Å². The second-order valence-electron chi connectivity index (χ2n) is 6.28. The van der Waals surface area contributed by atoms with Gasteiger partial charge in [-0.1, -0.05) is 12.1 Å². The van der Waals surface area contributed by atoms with Crippen LogP contribution in [0.3, 0.4) is 0 Å². The minimum atomic E-state index is -1.13. The van der Waals surface area contributed by atoms with Crippen molar-refractivity contribution in [1.82, 2.24) is 0 Å². The number of phenols is 1. The van der Waals surface area contributed by atoms with Gasteiger partial charge in [0.05, 0.1) is 32.9 Å². The molecule has 33 heavy (non-hydrogen) atoms. The van der Waals surface area contributed by atoms with Gasteiger partial charge in [0.1, 0.15) is 11.3 Å². The molecule has 0 aliphatic carbocycles. The molecule has 0 unspecified atom stereocenters. The van der Waals surface area contributed by atoms with Crippen molar-refractivity contribution in [2.45, 2.75) is 0 Å². The van der Waals surface area contributed by atoms with Gasteiger partial charge in [0, 0.05) is 6.07 Å². The summed E-state index contributed by atoms with van der Waals surface area (Å²) in [6.45, 7) is 0. The molecule has 0 heterocycles. The van der Waals surface area contributed by atoms with Crippen LogP contribution in [0, 0.1) is 20.2 Å². The normalized spacial score (nSPS) is 10.5. The SMILES string of the molecule is O=C(N=Nc1ccc(NOC(=O)c2ccc([N+](=O)[O-])cc2[N+](=O)[O-])cc1)c1ccccc1O. The molecule has 0 radical (unpaired) electrons. The summed E-state index contributed by atoms with van der Waals surface area (Å²) in [6.07, 6.45) is 0. The fourth-order valence-corrected chi connectivity index (χ4v) is 2.53. The van der Waals surface area contributed by atoms with Gasteiger partial charge < -0.3 is 9.94 Å². The van der Waals surface area contributed by atoms with Crippen LogP contribution in [0.5, 0.6) is 5.75 Å². The molecule has 0 saturated heterocycles. The molecule has 3 aromatic rings. The number of nitrogens with zero attached hydrogens (tertiary/aromatic N) is 4. The molecular weight excluding hydrogens is 438 g/mol. The number of hydrogen-bond donors (Lipinski definition) is 2. The molecule has 1 amide bonds. The van der Waals surface area contributed by atoms with Gasteiger partial charge in [0.25, 0.3) is 17.3 Å². The predicted molar refractivity (Wildman–Crippen MR) is 112 cm³/mol. The number of hydrogen-bond acceptors (Lipinski definition) is 10. The van der Waals surface area contributed by atoms with Crippen molar-refractivity contribution < 1.29 is 29.4 Å². The molecule has 0 fully saturated rings. The lowest BCUT2D eigenvalue weighted by molar-refractivity contribution is -0.394. The van der Waals surface area contributed by atoms with Crippen LogP contribution in [0.2, 0.25) is 0 Å². The van der Waals surface area contributed by atoms with E-state index in [2.05, 4.69) is 15.7 Å². The smallest absolute Gasteiger partial charge is 0.369 e. The number of benzene rings is 3. The Morgan fingerprint density at radius 3 is 2.24 bits per heavy atom. The number of nitro groups is 2. The van der Waals surface area contributed by atoms with E-state index in [9.17, 15) is 34.9 Å². The highest BCUT2D eigenvalue weighted by Gasteiger charge is 2.25. The number of nitro benzene ring substituents is 2. The zero-order valence-corrected chi connectivity index (χ0v) is 16.4. The fourth-order valence-electron chi connectivity index (χ4n) is 2.53. The number of para-hydroxylation sites is 1.